The third-order valence-electron chi connectivity index (χ3n) is 5.00. The molecule has 3 rings (SSSR count). The maximum atomic E-state index is 12.2. The molecule has 6 nitrogen and oxygen atoms in total. The van der Waals surface area contributed by atoms with Crippen LogP contribution < -0.4 is 20.1 Å². The Balaban J connectivity index is 0.00000320. The predicted octanol–water partition coefficient (Wildman–Crippen LogP) is 4.02. The number of pyridine rings is 1. The van der Waals surface area contributed by atoms with Crippen molar-refractivity contribution in [2.75, 3.05) is 13.2 Å². The lowest BCUT2D eigenvalue weighted by atomic mass is 9.95. The number of amides is 1. The number of hydrogen-bond acceptors (Lipinski definition) is 5. The highest BCUT2D eigenvalue weighted by Gasteiger charge is 2.16. The van der Waals surface area contributed by atoms with Crippen LogP contribution in [0.25, 0.3) is 0 Å². The summed E-state index contributed by atoms with van der Waals surface area (Å²) in [5.74, 6) is 1.19. The van der Waals surface area contributed by atoms with Gasteiger partial charge in [-0.3, -0.25) is 9.78 Å². The van der Waals surface area contributed by atoms with E-state index >= 15 is 0 Å². The van der Waals surface area contributed by atoms with E-state index in [-0.39, 0.29) is 24.9 Å². The number of aromatic nitrogens is 1. The topological polar surface area (TPSA) is 72.5 Å². The number of nitrogens with zero attached hydrogens (tertiary/aromatic N) is 1. The van der Waals surface area contributed by atoms with Gasteiger partial charge in [0.2, 0.25) is 0 Å². The third-order valence-corrected chi connectivity index (χ3v) is 5.00. The van der Waals surface area contributed by atoms with Crippen molar-refractivity contribution in [2.45, 2.75) is 58.2 Å². The van der Waals surface area contributed by atoms with Crippen molar-refractivity contribution in [3.8, 4) is 11.5 Å². The highest BCUT2D eigenvalue weighted by Crippen LogP contribution is 2.28. The molecule has 1 amide bonds. The number of hydrogen-bond donors (Lipinski definition) is 2. The standard InChI is InChI=1S/C23H31N3O3.ClH/c1-2-28-22-14-18(15-24-16-20-10-6-7-13-25-20)11-12-21(22)29-17-23(27)26-19-8-4-3-5-9-19;/h6-7,10-14,19,24H,2-5,8-9,15-17H2,1H3,(H,26,27);1H. The molecule has 0 radical (unpaired) electrons. The van der Waals surface area contributed by atoms with Crippen molar-refractivity contribution in [2.24, 2.45) is 0 Å². The first-order valence-corrected chi connectivity index (χ1v) is 10.5. The lowest BCUT2D eigenvalue weighted by Crippen LogP contribution is -2.39. The lowest BCUT2D eigenvalue weighted by molar-refractivity contribution is -0.124. The maximum absolute atomic E-state index is 12.2. The fourth-order valence-corrected chi connectivity index (χ4v) is 3.55. The summed E-state index contributed by atoms with van der Waals surface area (Å²) in [5, 5.41) is 6.45. The average Bonchev–Trinajstić information content (AvgIpc) is 2.75. The van der Waals surface area contributed by atoms with Crippen molar-refractivity contribution in [3.05, 3.63) is 53.9 Å². The van der Waals surface area contributed by atoms with Gasteiger partial charge in [0.15, 0.2) is 18.1 Å². The Morgan fingerprint density at radius 3 is 2.63 bits per heavy atom. The van der Waals surface area contributed by atoms with Crippen molar-refractivity contribution < 1.29 is 14.3 Å². The Labute approximate surface area is 185 Å². The molecule has 1 aromatic heterocycles. The normalized spacial score (nSPS) is 13.9. The molecule has 1 saturated carbocycles. The van der Waals surface area contributed by atoms with E-state index in [9.17, 15) is 4.79 Å². The van der Waals surface area contributed by atoms with Crippen LogP contribution in [0.5, 0.6) is 11.5 Å². The van der Waals surface area contributed by atoms with Crippen LogP contribution in [0, 0.1) is 0 Å². The molecule has 0 spiro atoms. The fraction of sp³-hybridized carbons (Fsp3) is 0.478. The summed E-state index contributed by atoms with van der Waals surface area (Å²) in [6, 6.07) is 12.0. The summed E-state index contributed by atoms with van der Waals surface area (Å²) >= 11 is 0. The van der Waals surface area contributed by atoms with E-state index < -0.39 is 0 Å². The molecular weight excluding hydrogens is 402 g/mol. The van der Waals surface area contributed by atoms with Crippen molar-refractivity contribution >= 4 is 18.3 Å². The van der Waals surface area contributed by atoms with Crippen LogP contribution in [0.1, 0.15) is 50.3 Å². The molecule has 0 atom stereocenters. The van der Waals surface area contributed by atoms with E-state index in [0.717, 1.165) is 24.1 Å². The first-order valence-electron chi connectivity index (χ1n) is 10.5. The largest absolute Gasteiger partial charge is 0.490 e. The molecule has 30 heavy (non-hydrogen) atoms. The van der Waals surface area contributed by atoms with Gasteiger partial charge in [0.05, 0.1) is 12.3 Å². The minimum absolute atomic E-state index is 0. The average molecular weight is 434 g/mol. The minimum Gasteiger partial charge on any atom is -0.490 e. The van der Waals surface area contributed by atoms with Gasteiger partial charge in [0.1, 0.15) is 0 Å². The van der Waals surface area contributed by atoms with Gasteiger partial charge in [0, 0.05) is 25.3 Å². The molecule has 2 aromatic rings. The Morgan fingerprint density at radius 2 is 1.90 bits per heavy atom. The molecule has 1 aliphatic rings. The van der Waals surface area contributed by atoms with Gasteiger partial charge in [-0.2, -0.15) is 0 Å². The molecule has 0 aliphatic heterocycles. The number of ether oxygens (including phenoxy) is 2. The summed E-state index contributed by atoms with van der Waals surface area (Å²) in [4.78, 5) is 16.5. The predicted molar refractivity (Wildman–Crippen MR) is 120 cm³/mol. The molecule has 1 fully saturated rings. The van der Waals surface area contributed by atoms with Crippen LogP contribution >= 0.6 is 12.4 Å². The van der Waals surface area contributed by atoms with E-state index in [1.165, 1.54) is 19.3 Å². The van der Waals surface area contributed by atoms with Gasteiger partial charge >= 0.3 is 0 Å². The van der Waals surface area contributed by atoms with Gasteiger partial charge in [-0.25, -0.2) is 0 Å². The maximum Gasteiger partial charge on any atom is 0.258 e. The van der Waals surface area contributed by atoms with E-state index in [1.54, 1.807) is 6.20 Å². The van der Waals surface area contributed by atoms with E-state index in [2.05, 4.69) is 15.6 Å². The van der Waals surface area contributed by atoms with Gasteiger partial charge in [0.25, 0.3) is 5.91 Å². The van der Waals surface area contributed by atoms with E-state index in [4.69, 9.17) is 9.47 Å². The number of carbonyl (C=O) groups excluding carboxylic acids is 1. The number of nitrogens with one attached hydrogen (secondary N) is 2. The molecule has 0 saturated heterocycles. The van der Waals surface area contributed by atoms with Gasteiger partial charge in [-0.15, -0.1) is 12.4 Å². The first-order chi connectivity index (χ1) is 14.2. The SMILES string of the molecule is CCOc1cc(CNCc2ccccn2)ccc1OCC(=O)NC1CCCCC1.Cl. The van der Waals surface area contributed by atoms with Gasteiger partial charge in [-0.05, 0) is 49.6 Å². The summed E-state index contributed by atoms with van der Waals surface area (Å²) in [6.45, 7) is 3.87. The van der Waals surface area contributed by atoms with Crippen LogP contribution in [0.15, 0.2) is 42.6 Å². The second kappa shape index (κ2) is 13.1. The Hall–Kier alpha value is -2.31. The van der Waals surface area contributed by atoms with Crippen molar-refractivity contribution in [3.63, 3.8) is 0 Å². The second-order valence-corrected chi connectivity index (χ2v) is 7.33. The quantitative estimate of drug-likeness (QED) is 0.592. The summed E-state index contributed by atoms with van der Waals surface area (Å²) in [5.41, 5.74) is 2.09. The number of rotatable bonds is 10. The van der Waals surface area contributed by atoms with Crippen LogP contribution in [0.2, 0.25) is 0 Å². The van der Waals surface area contributed by atoms with Crippen molar-refractivity contribution in [1.29, 1.82) is 0 Å². The number of carbonyl (C=O) groups is 1. The van der Waals surface area contributed by atoms with Crippen LogP contribution in [-0.4, -0.2) is 30.1 Å². The van der Waals surface area contributed by atoms with Gasteiger partial charge < -0.3 is 20.1 Å². The zero-order valence-electron chi connectivity index (χ0n) is 17.6. The van der Waals surface area contributed by atoms with E-state index in [0.29, 0.717) is 37.2 Å². The van der Waals surface area contributed by atoms with Crippen LogP contribution in [0.3, 0.4) is 0 Å². The van der Waals surface area contributed by atoms with Gasteiger partial charge in [-0.1, -0.05) is 31.4 Å². The molecule has 0 bridgehead atoms. The second-order valence-electron chi connectivity index (χ2n) is 7.33. The third kappa shape index (κ3) is 7.84. The molecule has 1 aliphatic carbocycles. The van der Waals surface area contributed by atoms with Crippen LogP contribution in [-0.2, 0) is 17.9 Å². The Kier molecular flexibility index (Phi) is 10.5. The number of benzene rings is 1. The molecule has 0 unspecified atom stereocenters. The first kappa shape index (κ1) is 24.0. The Bertz CT molecular complexity index is 768. The zero-order valence-corrected chi connectivity index (χ0v) is 18.4. The molecule has 1 heterocycles. The summed E-state index contributed by atoms with van der Waals surface area (Å²) in [7, 11) is 0. The smallest absolute Gasteiger partial charge is 0.258 e. The highest BCUT2D eigenvalue weighted by molar-refractivity contribution is 5.85. The minimum atomic E-state index is -0.0690. The van der Waals surface area contributed by atoms with Crippen LogP contribution in [0.4, 0.5) is 0 Å². The van der Waals surface area contributed by atoms with Crippen molar-refractivity contribution in [1.82, 2.24) is 15.6 Å². The monoisotopic (exact) mass is 433 g/mol. The molecule has 2 N–H and O–H groups in total. The lowest BCUT2D eigenvalue weighted by Gasteiger charge is -2.22. The highest BCUT2D eigenvalue weighted by atomic mass is 35.5. The molecule has 1 aromatic carbocycles. The zero-order chi connectivity index (χ0) is 20.3. The summed E-state index contributed by atoms with van der Waals surface area (Å²) < 4.78 is 11.5. The fourth-order valence-electron chi connectivity index (χ4n) is 3.55. The summed E-state index contributed by atoms with van der Waals surface area (Å²) in [6.07, 6.45) is 7.57. The molecule has 164 valence electrons. The Morgan fingerprint density at radius 1 is 1.07 bits per heavy atom. The molecular formula is C23H32ClN3O3. The molecule has 7 heteroatoms. The van der Waals surface area contributed by atoms with E-state index in [1.807, 2.05) is 43.3 Å². The number of halogens is 1.